The minimum atomic E-state index is -0.311. The van der Waals surface area contributed by atoms with Crippen LogP contribution in [0.25, 0.3) is 16.8 Å². The molecule has 0 atom stereocenters. The molecule has 1 fully saturated rings. The summed E-state index contributed by atoms with van der Waals surface area (Å²) in [5, 5.41) is 2.53. The molecule has 0 bridgehead atoms. The average Bonchev–Trinajstić information content (AvgIpc) is 2.74. The van der Waals surface area contributed by atoms with Crippen LogP contribution in [0.5, 0.6) is 0 Å². The van der Waals surface area contributed by atoms with E-state index in [1.165, 1.54) is 21.9 Å². The monoisotopic (exact) mass is 306 g/mol. The molecule has 118 valence electrons. The van der Waals surface area contributed by atoms with Gasteiger partial charge in [-0.3, -0.25) is 0 Å². The Morgan fingerprint density at radius 3 is 2.30 bits per heavy atom. The lowest BCUT2D eigenvalue weighted by atomic mass is 9.73. The summed E-state index contributed by atoms with van der Waals surface area (Å²) < 4.78 is 12.6. The second kappa shape index (κ2) is 4.96. The minimum absolute atomic E-state index is 0.305. The molecule has 0 aromatic heterocycles. The fourth-order valence-corrected chi connectivity index (χ4v) is 3.49. The molecule has 4 rings (SSSR count). The molecule has 3 heteroatoms. The summed E-state index contributed by atoms with van der Waals surface area (Å²) in [5.41, 5.74) is 3.29. The van der Waals surface area contributed by atoms with Gasteiger partial charge in [0.25, 0.3) is 0 Å². The molecule has 0 N–H and O–H groups in total. The van der Waals surface area contributed by atoms with Crippen molar-refractivity contribution in [1.82, 2.24) is 0 Å². The topological polar surface area (TPSA) is 18.5 Å². The van der Waals surface area contributed by atoms with Gasteiger partial charge in [0.15, 0.2) is 0 Å². The van der Waals surface area contributed by atoms with Crippen molar-refractivity contribution in [2.45, 2.75) is 51.7 Å². The number of fused-ring (bicyclic) bond motifs is 3. The zero-order valence-corrected chi connectivity index (χ0v) is 14.3. The Morgan fingerprint density at radius 2 is 1.61 bits per heavy atom. The zero-order chi connectivity index (χ0) is 16.2. The number of hydrogen-bond donors (Lipinski definition) is 0. The summed E-state index contributed by atoms with van der Waals surface area (Å²) in [5.74, 6) is 0. The number of benzene rings is 2. The van der Waals surface area contributed by atoms with Crippen LogP contribution in [0.2, 0.25) is 0 Å². The van der Waals surface area contributed by atoms with Crippen molar-refractivity contribution >= 4 is 29.4 Å². The van der Waals surface area contributed by atoms with E-state index < -0.39 is 0 Å². The maximum Gasteiger partial charge on any atom is 0.495 e. The fourth-order valence-electron chi connectivity index (χ4n) is 3.49. The third kappa shape index (κ3) is 2.26. The zero-order valence-electron chi connectivity index (χ0n) is 14.3. The first-order valence-electron chi connectivity index (χ1n) is 8.46. The van der Waals surface area contributed by atoms with Gasteiger partial charge in [0.05, 0.1) is 11.2 Å². The third-order valence-electron chi connectivity index (χ3n) is 5.58. The summed E-state index contributed by atoms with van der Waals surface area (Å²) in [7, 11) is -0.305. The van der Waals surface area contributed by atoms with Crippen LogP contribution in [0.3, 0.4) is 0 Å². The van der Waals surface area contributed by atoms with Crippen molar-refractivity contribution in [2.24, 2.45) is 0 Å². The molecule has 0 spiro atoms. The smallest absolute Gasteiger partial charge is 0.399 e. The number of allylic oxidation sites excluding steroid dienone is 1. The quantitative estimate of drug-likeness (QED) is 0.739. The Hall–Kier alpha value is -1.58. The Labute approximate surface area is 138 Å². The van der Waals surface area contributed by atoms with E-state index in [0.29, 0.717) is 0 Å². The van der Waals surface area contributed by atoms with Crippen molar-refractivity contribution in [3.63, 3.8) is 0 Å². The second-order valence-electron chi connectivity index (χ2n) is 7.61. The van der Waals surface area contributed by atoms with Gasteiger partial charge in [-0.15, -0.1) is 0 Å². The molecule has 2 aromatic rings. The van der Waals surface area contributed by atoms with Gasteiger partial charge in [-0.2, -0.15) is 0 Å². The highest BCUT2D eigenvalue weighted by Gasteiger charge is 2.52. The largest absolute Gasteiger partial charge is 0.495 e. The maximum absolute atomic E-state index is 6.31. The minimum Gasteiger partial charge on any atom is -0.399 e. The van der Waals surface area contributed by atoms with Gasteiger partial charge in [0, 0.05) is 0 Å². The summed E-state index contributed by atoms with van der Waals surface area (Å²) in [4.78, 5) is 0. The Bertz CT molecular complexity index is 789. The van der Waals surface area contributed by atoms with Crippen LogP contribution in [0.15, 0.2) is 36.4 Å². The normalized spacial score (nSPS) is 21.7. The maximum atomic E-state index is 6.31. The molecular formula is C20H23BO2. The fraction of sp³-hybridized carbons (Fsp3) is 0.400. The van der Waals surface area contributed by atoms with E-state index in [0.717, 1.165) is 18.3 Å². The predicted molar refractivity (Wildman–Crippen MR) is 97.0 cm³/mol. The van der Waals surface area contributed by atoms with Gasteiger partial charge < -0.3 is 9.31 Å². The molecular weight excluding hydrogens is 283 g/mol. The van der Waals surface area contributed by atoms with Crippen LogP contribution in [0.4, 0.5) is 0 Å². The third-order valence-corrected chi connectivity index (χ3v) is 5.58. The summed E-state index contributed by atoms with van der Waals surface area (Å²) in [6, 6.07) is 10.9. The predicted octanol–water partition coefficient (Wildman–Crippen LogP) is 4.10. The lowest BCUT2D eigenvalue weighted by Crippen LogP contribution is -2.41. The van der Waals surface area contributed by atoms with Crippen LogP contribution in [-0.2, 0) is 15.7 Å². The molecule has 23 heavy (non-hydrogen) atoms. The molecule has 1 aliphatic heterocycles. The van der Waals surface area contributed by atoms with E-state index in [-0.39, 0.29) is 18.3 Å². The first-order chi connectivity index (χ1) is 10.9. The van der Waals surface area contributed by atoms with Gasteiger partial charge in [-0.25, -0.2) is 0 Å². The molecule has 2 aliphatic rings. The van der Waals surface area contributed by atoms with Crippen LogP contribution in [0.1, 0.15) is 45.2 Å². The second-order valence-corrected chi connectivity index (χ2v) is 7.61. The number of aryl methyl sites for hydroxylation is 1. The van der Waals surface area contributed by atoms with E-state index in [1.54, 1.807) is 0 Å². The van der Waals surface area contributed by atoms with Gasteiger partial charge >= 0.3 is 7.12 Å². The standard InChI is InChI=1S/C20H23BO2/c1-19(2)20(3,4)23-21(22-19)18-13-14-9-5-6-10-15(14)16-11-7-8-12-17(16)18/h6-8,10-13H,5,9H2,1-4H3. The number of rotatable bonds is 1. The average molecular weight is 306 g/mol. The van der Waals surface area contributed by atoms with Gasteiger partial charge in [-0.05, 0) is 67.9 Å². The molecule has 0 amide bonds. The first-order valence-corrected chi connectivity index (χ1v) is 8.46. The van der Waals surface area contributed by atoms with Crippen LogP contribution < -0.4 is 5.46 Å². The van der Waals surface area contributed by atoms with E-state index in [9.17, 15) is 0 Å². The number of hydrogen-bond acceptors (Lipinski definition) is 2. The first kappa shape index (κ1) is 15.0. The molecule has 1 aliphatic carbocycles. The summed E-state index contributed by atoms with van der Waals surface area (Å²) in [6.45, 7) is 8.43. The lowest BCUT2D eigenvalue weighted by Gasteiger charge is -2.32. The van der Waals surface area contributed by atoms with E-state index >= 15 is 0 Å². The highest BCUT2D eigenvalue weighted by Crippen LogP contribution is 2.37. The van der Waals surface area contributed by atoms with E-state index in [2.05, 4.69) is 70.2 Å². The van der Waals surface area contributed by atoms with Gasteiger partial charge in [0.2, 0.25) is 0 Å². The van der Waals surface area contributed by atoms with Crippen LogP contribution >= 0.6 is 0 Å². The summed E-state index contributed by atoms with van der Waals surface area (Å²) in [6.07, 6.45) is 6.72. The Morgan fingerprint density at radius 1 is 0.957 bits per heavy atom. The highest BCUT2D eigenvalue weighted by molar-refractivity contribution is 6.65. The van der Waals surface area contributed by atoms with Crippen molar-refractivity contribution in [3.05, 3.63) is 47.5 Å². The molecule has 1 heterocycles. The van der Waals surface area contributed by atoms with Gasteiger partial charge in [0.1, 0.15) is 0 Å². The molecule has 1 saturated heterocycles. The van der Waals surface area contributed by atoms with Crippen LogP contribution in [0, 0.1) is 0 Å². The Balaban J connectivity index is 1.90. The molecule has 0 unspecified atom stereocenters. The molecule has 0 saturated carbocycles. The highest BCUT2D eigenvalue weighted by atomic mass is 16.7. The van der Waals surface area contributed by atoms with E-state index in [1.807, 2.05) is 0 Å². The molecule has 2 aromatic carbocycles. The van der Waals surface area contributed by atoms with Crippen LogP contribution in [-0.4, -0.2) is 18.3 Å². The lowest BCUT2D eigenvalue weighted by molar-refractivity contribution is 0.00578. The molecule has 2 nitrogen and oxygen atoms in total. The van der Waals surface area contributed by atoms with Crippen molar-refractivity contribution in [2.75, 3.05) is 0 Å². The SMILES string of the molecule is CC1(C)OB(c2cc3c(c4ccccc24)C=CCC3)OC1(C)C. The van der Waals surface area contributed by atoms with Crippen molar-refractivity contribution in [3.8, 4) is 0 Å². The van der Waals surface area contributed by atoms with Crippen molar-refractivity contribution in [1.29, 1.82) is 0 Å². The van der Waals surface area contributed by atoms with E-state index in [4.69, 9.17) is 9.31 Å². The van der Waals surface area contributed by atoms with Gasteiger partial charge in [-0.1, -0.05) is 42.5 Å². The Kier molecular flexibility index (Phi) is 3.23. The molecule has 0 radical (unpaired) electrons. The van der Waals surface area contributed by atoms with Crippen molar-refractivity contribution < 1.29 is 9.31 Å². The summed E-state index contributed by atoms with van der Waals surface area (Å²) >= 11 is 0.